The fraction of sp³-hybridized carbons (Fsp3) is 0.292. The topological polar surface area (TPSA) is 69.0 Å². The Morgan fingerprint density at radius 2 is 2.16 bits per heavy atom. The van der Waals surface area contributed by atoms with Gasteiger partial charge >= 0.3 is 0 Å². The predicted molar refractivity (Wildman–Crippen MR) is 122 cm³/mol. The van der Waals surface area contributed by atoms with Gasteiger partial charge in [0.15, 0.2) is 0 Å². The summed E-state index contributed by atoms with van der Waals surface area (Å²) in [4.78, 5) is 17.5. The Balaban J connectivity index is 1.37. The Labute approximate surface area is 184 Å². The number of fused-ring (bicyclic) bond motifs is 2. The van der Waals surface area contributed by atoms with Gasteiger partial charge in [-0.25, -0.2) is 4.98 Å². The highest BCUT2D eigenvalue weighted by Gasteiger charge is 2.26. The smallest absolute Gasteiger partial charge is 0.251 e. The van der Waals surface area contributed by atoms with Crippen LogP contribution in [0.15, 0.2) is 48.7 Å². The number of nitrogens with one attached hydrogen (secondary N) is 1. The highest BCUT2D eigenvalue weighted by atomic mass is 32.1. The third kappa shape index (κ3) is 3.81. The molecule has 2 aromatic carbocycles. The number of carbonyl (C=O) groups excluding carboxylic acids is 1. The van der Waals surface area contributed by atoms with Crippen molar-refractivity contribution in [3.05, 3.63) is 76.1 Å². The van der Waals surface area contributed by atoms with Crippen LogP contribution in [0.5, 0.6) is 5.75 Å². The number of hydrogen-bond donors (Lipinski definition) is 1. The fourth-order valence-electron chi connectivity index (χ4n) is 4.32. The van der Waals surface area contributed by atoms with Gasteiger partial charge in [0.1, 0.15) is 5.75 Å². The SMILES string of the molecule is COc1ccccc1Cn1ncc2c1CCC[C@@H]2NC(=O)c1ccc2nc(C)sc2c1. The second-order valence-electron chi connectivity index (χ2n) is 7.85. The molecule has 0 saturated heterocycles. The zero-order valence-electron chi connectivity index (χ0n) is 17.6. The summed E-state index contributed by atoms with van der Waals surface area (Å²) in [5.74, 6) is 0.810. The van der Waals surface area contributed by atoms with Crippen LogP contribution in [-0.4, -0.2) is 27.8 Å². The first-order valence-corrected chi connectivity index (χ1v) is 11.3. The van der Waals surface area contributed by atoms with Gasteiger partial charge in [0.05, 0.1) is 41.1 Å². The van der Waals surface area contributed by atoms with Gasteiger partial charge in [-0.3, -0.25) is 9.48 Å². The van der Waals surface area contributed by atoms with Crippen molar-refractivity contribution in [1.82, 2.24) is 20.1 Å². The van der Waals surface area contributed by atoms with Crippen LogP contribution in [0.2, 0.25) is 0 Å². The van der Waals surface area contributed by atoms with Gasteiger partial charge < -0.3 is 10.1 Å². The van der Waals surface area contributed by atoms with Crippen LogP contribution in [0.4, 0.5) is 0 Å². The number of methoxy groups -OCH3 is 1. The van der Waals surface area contributed by atoms with E-state index in [1.54, 1.807) is 18.4 Å². The van der Waals surface area contributed by atoms with E-state index in [0.717, 1.165) is 51.4 Å². The fourth-order valence-corrected chi connectivity index (χ4v) is 5.19. The molecule has 2 heterocycles. The van der Waals surface area contributed by atoms with Gasteiger partial charge in [-0.2, -0.15) is 5.10 Å². The zero-order chi connectivity index (χ0) is 21.4. The van der Waals surface area contributed by atoms with Crippen LogP contribution >= 0.6 is 11.3 Å². The van der Waals surface area contributed by atoms with Gasteiger partial charge in [-0.05, 0) is 50.5 Å². The molecule has 1 amide bonds. The van der Waals surface area contributed by atoms with E-state index in [2.05, 4.69) is 21.5 Å². The summed E-state index contributed by atoms with van der Waals surface area (Å²) < 4.78 is 8.57. The van der Waals surface area contributed by atoms with Gasteiger partial charge in [0, 0.05) is 22.4 Å². The highest BCUT2D eigenvalue weighted by molar-refractivity contribution is 7.18. The maximum atomic E-state index is 13.0. The molecule has 0 aliphatic heterocycles. The first-order valence-electron chi connectivity index (χ1n) is 10.5. The monoisotopic (exact) mass is 432 g/mol. The average molecular weight is 433 g/mol. The standard InChI is InChI=1S/C24H24N4O2S/c1-15-26-20-11-10-16(12-23(20)31-15)24(29)27-19-7-5-8-21-18(19)13-25-28(21)14-17-6-3-4-9-22(17)30-2/h3-4,6,9-13,19H,5,7-8,14H2,1-2H3,(H,27,29)/t19-/m0/s1. The van der Waals surface area contributed by atoms with Gasteiger partial charge in [-0.15, -0.1) is 11.3 Å². The van der Waals surface area contributed by atoms with Crippen molar-refractivity contribution in [2.45, 2.75) is 38.8 Å². The van der Waals surface area contributed by atoms with Crippen molar-refractivity contribution < 1.29 is 9.53 Å². The molecule has 0 bridgehead atoms. The van der Waals surface area contributed by atoms with Gasteiger partial charge in [0.25, 0.3) is 5.91 Å². The van der Waals surface area contributed by atoms with Crippen LogP contribution < -0.4 is 10.1 Å². The number of aromatic nitrogens is 3. The van der Waals surface area contributed by atoms with E-state index in [1.165, 1.54) is 5.69 Å². The Hall–Kier alpha value is -3.19. The van der Waals surface area contributed by atoms with E-state index in [0.29, 0.717) is 12.1 Å². The van der Waals surface area contributed by atoms with Crippen molar-refractivity contribution in [3.63, 3.8) is 0 Å². The lowest BCUT2D eigenvalue weighted by molar-refractivity contribution is 0.0933. The van der Waals surface area contributed by atoms with Crippen LogP contribution in [-0.2, 0) is 13.0 Å². The molecule has 6 nitrogen and oxygen atoms in total. The van der Waals surface area contributed by atoms with Crippen molar-refractivity contribution >= 4 is 27.5 Å². The Bertz CT molecular complexity index is 1260. The molecule has 5 rings (SSSR count). The lowest BCUT2D eigenvalue weighted by Crippen LogP contribution is -2.31. The molecule has 2 aromatic heterocycles. The average Bonchev–Trinajstić information content (AvgIpc) is 3.36. The number of para-hydroxylation sites is 1. The predicted octanol–water partition coefficient (Wildman–Crippen LogP) is 4.67. The van der Waals surface area contributed by atoms with Crippen molar-refractivity contribution in [2.75, 3.05) is 7.11 Å². The molecule has 7 heteroatoms. The van der Waals surface area contributed by atoms with Crippen LogP contribution in [0, 0.1) is 6.92 Å². The number of ether oxygens (including phenoxy) is 1. The minimum Gasteiger partial charge on any atom is -0.496 e. The third-order valence-corrected chi connectivity index (χ3v) is 6.77. The van der Waals surface area contributed by atoms with Crippen LogP contribution in [0.1, 0.15) is 51.1 Å². The largest absolute Gasteiger partial charge is 0.496 e. The summed E-state index contributed by atoms with van der Waals surface area (Å²) in [5.41, 5.74) is 5.01. The first kappa shape index (κ1) is 19.8. The van der Waals surface area contributed by atoms with E-state index in [1.807, 2.05) is 54.2 Å². The number of nitrogens with zero attached hydrogens (tertiary/aromatic N) is 3. The number of benzene rings is 2. The van der Waals surface area contributed by atoms with E-state index < -0.39 is 0 Å². The number of thiazole rings is 1. The summed E-state index contributed by atoms with van der Waals surface area (Å²) >= 11 is 1.61. The van der Waals surface area contributed by atoms with Crippen molar-refractivity contribution in [3.8, 4) is 5.75 Å². The molecular weight excluding hydrogens is 408 g/mol. The van der Waals surface area contributed by atoms with Gasteiger partial charge in [-0.1, -0.05) is 18.2 Å². The molecular formula is C24H24N4O2S. The number of hydrogen-bond acceptors (Lipinski definition) is 5. The molecule has 0 saturated carbocycles. The lowest BCUT2D eigenvalue weighted by atomic mass is 9.92. The maximum Gasteiger partial charge on any atom is 0.251 e. The quantitative estimate of drug-likeness (QED) is 0.498. The second-order valence-corrected chi connectivity index (χ2v) is 9.08. The number of aryl methyl sites for hydroxylation is 1. The van der Waals surface area contributed by atoms with Crippen molar-refractivity contribution in [1.29, 1.82) is 0 Å². The zero-order valence-corrected chi connectivity index (χ0v) is 18.4. The minimum atomic E-state index is -0.0525. The Morgan fingerprint density at radius 3 is 3.03 bits per heavy atom. The normalized spacial score (nSPS) is 15.6. The number of rotatable bonds is 5. The van der Waals surface area contributed by atoms with E-state index >= 15 is 0 Å². The summed E-state index contributed by atoms with van der Waals surface area (Å²) in [6, 6.07) is 13.7. The molecule has 1 aliphatic rings. The van der Waals surface area contributed by atoms with E-state index in [4.69, 9.17) is 4.74 Å². The highest BCUT2D eigenvalue weighted by Crippen LogP contribution is 2.31. The minimum absolute atomic E-state index is 0.0263. The molecule has 0 spiro atoms. The Morgan fingerprint density at radius 1 is 1.29 bits per heavy atom. The first-order chi connectivity index (χ1) is 15.1. The number of amides is 1. The van der Waals surface area contributed by atoms with Gasteiger partial charge in [0.2, 0.25) is 0 Å². The maximum absolute atomic E-state index is 13.0. The summed E-state index contributed by atoms with van der Waals surface area (Å²) in [6.45, 7) is 2.64. The Kier molecular flexibility index (Phi) is 5.19. The summed E-state index contributed by atoms with van der Waals surface area (Å²) in [6.07, 6.45) is 4.80. The van der Waals surface area contributed by atoms with Crippen LogP contribution in [0.25, 0.3) is 10.2 Å². The molecule has 0 fully saturated rings. The number of carbonyl (C=O) groups is 1. The van der Waals surface area contributed by atoms with Crippen molar-refractivity contribution in [2.24, 2.45) is 0 Å². The molecule has 4 aromatic rings. The van der Waals surface area contributed by atoms with E-state index in [-0.39, 0.29) is 11.9 Å². The third-order valence-electron chi connectivity index (χ3n) is 5.84. The molecule has 0 radical (unpaired) electrons. The van der Waals surface area contributed by atoms with Crippen LogP contribution in [0.3, 0.4) is 0 Å². The molecule has 0 unspecified atom stereocenters. The summed E-state index contributed by atoms with van der Waals surface area (Å²) in [7, 11) is 1.69. The summed E-state index contributed by atoms with van der Waals surface area (Å²) in [5, 5.41) is 8.88. The molecule has 1 N–H and O–H groups in total. The second kappa shape index (κ2) is 8.15. The molecule has 31 heavy (non-hydrogen) atoms. The molecule has 158 valence electrons. The lowest BCUT2D eigenvalue weighted by Gasteiger charge is -2.24. The molecule has 1 atom stereocenters. The van der Waals surface area contributed by atoms with E-state index in [9.17, 15) is 4.79 Å². The molecule has 1 aliphatic carbocycles.